The largest absolute Gasteiger partial charge is 0.390 e. The lowest BCUT2D eigenvalue weighted by molar-refractivity contribution is 0.267. The molecule has 19 heavy (non-hydrogen) atoms. The molecule has 1 heterocycles. The first-order valence-electron chi connectivity index (χ1n) is 6.23. The third-order valence-electron chi connectivity index (χ3n) is 3.00. The van der Waals surface area contributed by atoms with Crippen molar-refractivity contribution in [2.24, 2.45) is 0 Å². The summed E-state index contributed by atoms with van der Waals surface area (Å²) in [6.07, 6.45) is 3.60. The molecule has 1 aromatic carbocycles. The van der Waals surface area contributed by atoms with E-state index in [-0.39, 0.29) is 12.6 Å². The van der Waals surface area contributed by atoms with Crippen LogP contribution in [0.5, 0.6) is 0 Å². The van der Waals surface area contributed by atoms with Gasteiger partial charge in [-0.1, -0.05) is 48.2 Å². The van der Waals surface area contributed by atoms with Gasteiger partial charge in [-0.15, -0.1) is 6.58 Å². The van der Waals surface area contributed by atoms with Crippen LogP contribution in [-0.2, 0) is 6.61 Å². The lowest BCUT2D eigenvalue weighted by Gasteiger charge is -2.19. The van der Waals surface area contributed by atoms with Gasteiger partial charge < -0.3 is 9.67 Å². The minimum absolute atomic E-state index is 0.00117. The molecule has 1 aromatic heterocycles. The Labute approximate surface area is 118 Å². The number of hydrogen-bond donors (Lipinski definition) is 1. The Hall–Kier alpha value is -1.52. The van der Waals surface area contributed by atoms with Crippen LogP contribution in [0, 0.1) is 0 Å². The lowest BCUT2D eigenvalue weighted by Crippen LogP contribution is -2.11. The van der Waals surface area contributed by atoms with Gasteiger partial charge in [-0.25, -0.2) is 4.98 Å². The molecule has 0 bridgehead atoms. The van der Waals surface area contributed by atoms with Crippen molar-refractivity contribution in [3.8, 4) is 0 Å². The topological polar surface area (TPSA) is 38.1 Å². The second-order valence-corrected chi connectivity index (χ2v) is 5.23. The van der Waals surface area contributed by atoms with Crippen LogP contribution in [0.15, 0.2) is 54.3 Å². The Kier molecular flexibility index (Phi) is 4.82. The van der Waals surface area contributed by atoms with E-state index in [9.17, 15) is 5.11 Å². The van der Waals surface area contributed by atoms with Crippen molar-refractivity contribution in [1.29, 1.82) is 0 Å². The maximum atomic E-state index is 9.46. The third-order valence-corrected chi connectivity index (χ3v) is 3.96. The molecule has 2 aromatic rings. The van der Waals surface area contributed by atoms with Crippen molar-refractivity contribution in [3.63, 3.8) is 0 Å². The van der Waals surface area contributed by atoms with Crippen molar-refractivity contribution in [1.82, 2.24) is 9.55 Å². The van der Waals surface area contributed by atoms with Crippen LogP contribution in [0.3, 0.4) is 0 Å². The molecule has 0 saturated carbocycles. The maximum absolute atomic E-state index is 9.46. The molecule has 0 saturated heterocycles. The van der Waals surface area contributed by atoms with Crippen molar-refractivity contribution in [3.05, 3.63) is 60.4 Å². The summed E-state index contributed by atoms with van der Waals surface area (Å²) in [6.45, 7) is 5.85. The van der Waals surface area contributed by atoms with E-state index in [2.05, 4.69) is 35.2 Å². The maximum Gasteiger partial charge on any atom is 0.169 e. The van der Waals surface area contributed by atoms with Crippen LogP contribution in [0.2, 0.25) is 0 Å². The number of aromatic nitrogens is 2. The predicted molar refractivity (Wildman–Crippen MR) is 79.3 cm³/mol. The fourth-order valence-electron chi connectivity index (χ4n) is 2.03. The Bertz CT molecular complexity index is 536. The van der Waals surface area contributed by atoms with Crippen molar-refractivity contribution >= 4 is 11.8 Å². The molecule has 1 N–H and O–H groups in total. The van der Waals surface area contributed by atoms with Gasteiger partial charge in [0.1, 0.15) is 0 Å². The van der Waals surface area contributed by atoms with E-state index in [0.717, 1.165) is 16.6 Å². The lowest BCUT2D eigenvalue weighted by atomic mass is 10.1. The predicted octanol–water partition coefficient (Wildman–Crippen LogP) is 3.26. The first kappa shape index (κ1) is 13.9. The van der Waals surface area contributed by atoms with Crippen molar-refractivity contribution in [2.75, 3.05) is 5.75 Å². The summed E-state index contributed by atoms with van der Waals surface area (Å²) in [4.78, 5) is 4.39. The van der Waals surface area contributed by atoms with E-state index < -0.39 is 0 Å². The molecule has 0 fully saturated rings. The number of aliphatic hydroxyl groups excluding tert-OH is 1. The quantitative estimate of drug-likeness (QED) is 0.649. The Morgan fingerprint density at radius 2 is 2.16 bits per heavy atom. The minimum atomic E-state index is -0.00117. The number of benzene rings is 1. The number of rotatable bonds is 6. The monoisotopic (exact) mass is 274 g/mol. The summed E-state index contributed by atoms with van der Waals surface area (Å²) in [5.41, 5.74) is 2.04. The van der Waals surface area contributed by atoms with Gasteiger partial charge >= 0.3 is 0 Å². The number of thioether (sulfide) groups is 1. The minimum Gasteiger partial charge on any atom is -0.390 e. The summed E-state index contributed by atoms with van der Waals surface area (Å²) in [6, 6.07) is 10.4. The highest BCUT2D eigenvalue weighted by molar-refractivity contribution is 7.99. The highest BCUT2D eigenvalue weighted by atomic mass is 32.2. The van der Waals surface area contributed by atoms with E-state index >= 15 is 0 Å². The molecule has 2 rings (SSSR count). The van der Waals surface area contributed by atoms with Gasteiger partial charge in [-0.05, 0) is 12.5 Å². The van der Waals surface area contributed by atoms with Gasteiger partial charge in [-0.2, -0.15) is 0 Å². The summed E-state index contributed by atoms with van der Waals surface area (Å²) in [5, 5.41) is 10.4. The summed E-state index contributed by atoms with van der Waals surface area (Å²) >= 11 is 1.63. The van der Waals surface area contributed by atoms with E-state index in [1.54, 1.807) is 18.0 Å². The Balaban J connectivity index is 2.36. The average molecular weight is 274 g/mol. The van der Waals surface area contributed by atoms with Gasteiger partial charge in [-0.3, -0.25) is 0 Å². The smallest absolute Gasteiger partial charge is 0.169 e. The normalized spacial score (nSPS) is 12.3. The molecule has 0 aliphatic rings. The van der Waals surface area contributed by atoms with Crippen LogP contribution in [0.1, 0.15) is 24.2 Å². The summed E-state index contributed by atoms with van der Waals surface area (Å²) in [7, 11) is 0. The van der Waals surface area contributed by atoms with E-state index in [1.165, 1.54) is 5.56 Å². The number of aliphatic hydroxyl groups is 1. The molecule has 100 valence electrons. The fraction of sp³-hybridized carbons (Fsp3) is 0.267. The highest BCUT2D eigenvalue weighted by Gasteiger charge is 2.16. The molecule has 1 atom stereocenters. The summed E-state index contributed by atoms with van der Waals surface area (Å²) < 4.78 is 2.09. The molecule has 4 heteroatoms. The van der Waals surface area contributed by atoms with Crippen LogP contribution in [0.4, 0.5) is 0 Å². The van der Waals surface area contributed by atoms with Gasteiger partial charge in [0, 0.05) is 5.75 Å². The molecule has 0 aliphatic carbocycles. The Morgan fingerprint density at radius 1 is 1.42 bits per heavy atom. The van der Waals surface area contributed by atoms with Crippen LogP contribution >= 0.6 is 11.8 Å². The number of imidazole rings is 1. The highest BCUT2D eigenvalue weighted by Crippen LogP contribution is 2.27. The molecule has 3 nitrogen and oxygen atoms in total. The van der Waals surface area contributed by atoms with E-state index in [1.807, 2.05) is 24.3 Å². The van der Waals surface area contributed by atoms with E-state index in [4.69, 9.17) is 0 Å². The second-order valence-electron chi connectivity index (χ2n) is 4.25. The van der Waals surface area contributed by atoms with Gasteiger partial charge in [0.15, 0.2) is 5.16 Å². The fourth-order valence-corrected chi connectivity index (χ4v) is 2.84. The van der Waals surface area contributed by atoms with Crippen LogP contribution < -0.4 is 0 Å². The molecule has 0 amide bonds. The first-order valence-corrected chi connectivity index (χ1v) is 7.22. The number of hydrogen-bond acceptors (Lipinski definition) is 3. The van der Waals surface area contributed by atoms with Gasteiger partial charge in [0.05, 0.1) is 24.5 Å². The summed E-state index contributed by atoms with van der Waals surface area (Å²) in [5.74, 6) is 0.809. The van der Waals surface area contributed by atoms with E-state index in [0.29, 0.717) is 0 Å². The Morgan fingerprint density at radius 3 is 2.79 bits per heavy atom. The molecule has 0 aliphatic heterocycles. The van der Waals surface area contributed by atoms with Crippen LogP contribution in [-0.4, -0.2) is 20.4 Å². The zero-order valence-electron chi connectivity index (χ0n) is 11.0. The zero-order chi connectivity index (χ0) is 13.7. The zero-order valence-corrected chi connectivity index (χ0v) is 11.8. The molecular weight excluding hydrogens is 256 g/mol. The third kappa shape index (κ3) is 3.08. The molecule has 1 unspecified atom stereocenters. The van der Waals surface area contributed by atoms with Gasteiger partial charge in [0.2, 0.25) is 0 Å². The SMILES string of the molecule is C=CCSc1ncc(CO)n1C(C)c1ccccc1. The standard InChI is InChI=1S/C15H18N2OS/c1-3-9-19-15-16-10-14(11-18)17(15)12(2)13-7-5-4-6-8-13/h3-8,10,12,18H,1,9,11H2,2H3. The van der Waals surface area contributed by atoms with Crippen LogP contribution in [0.25, 0.3) is 0 Å². The molecule has 0 spiro atoms. The first-order chi connectivity index (χ1) is 9.27. The molecular formula is C15H18N2OS. The average Bonchev–Trinajstić information content (AvgIpc) is 2.88. The number of nitrogens with zero attached hydrogens (tertiary/aromatic N) is 2. The van der Waals surface area contributed by atoms with Crippen molar-refractivity contribution in [2.45, 2.75) is 24.7 Å². The second kappa shape index (κ2) is 6.59. The molecule has 0 radical (unpaired) electrons. The van der Waals surface area contributed by atoms with Gasteiger partial charge in [0.25, 0.3) is 0 Å². The van der Waals surface area contributed by atoms with Crippen molar-refractivity contribution < 1.29 is 5.11 Å².